The van der Waals surface area contributed by atoms with Gasteiger partial charge in [-0.3, -0.25) is 9.78 Å². The fourth-order valence-electron chi connectivity index (χ4n) is 2.62. The monoisotopic (exact) mass is 336 g/mol. The lowest BCUT2D eigenvalue weighted by Gasteiger charge is -2.18. The van der Waals surface area contributed by atoms with Gasteiger partial charge in [-0.15, -0.1) is 0 Å². The fraction of sp³-hybridized carbons (Fsp3) is 0.200. The van der Waals surface area contributed by atoms with Gasteiger partial charge in [-0.2, -0.15) is 0 Å². The highest BCUT2D eigenvalue weighted by Gasteiger charge is 2.13. The van der Waals surface area contributed by atoms with Crippen molar-refractivity contribution in [3.05, 3.63) is 94.2 Å². The Morgan fingerprint density at radius 2 is 1.96 bits per heavy atom. The summed E-state index contributed by atoms with van der Waals surface area (Å²) in [6.07, 6.45) is 4.26. The van der Waals surface area contributed by atoms with Crippen LogP contribution in [0, 0.1) is 6.92 Å². The minimum atomic E-state index is -0.711. The SMILES string of the molecule is Cc1c(OCc2ccccc2)c(=O)ccn1C[C@H](O)c1cccnc1. The molecule has 2 heterocycles. The van der Waals surface area contributed by atoms with Gasteiger partial charge in [0.2, 0.25) is 5.43 Å². The van der Waals surface area contributed by atoms with Gasteiger partial charge in [0, 0.05) is 30.2 Å². The molecule has 0 fully saturated rings. The van der Waals surface area contributed by atoms with Gasteiger partial charge in [-0.25, -0.2) is 0 Å². The van der Waals surface area contributed by atoms with Crippen molar-refractivity contribution in [2.45, 2.75) is 26.2 Å². The summed E-state index contributed by atoms with van der Waals surface area (Å²) >= 11 is 0. The van der Waals surface area contributed by atoms with Crippen molar-refractivity contribution < 1.29 is 9.84 Å². The third-order valence-corrected chi connectivity index (χ3v) is 4.05. The molecule has 1 aromatic carbocycles. The van der Waals surface area contributed by atoms with E-state index in [9.17, 15) is 9.90 Å². The maximum absolute atomic E-state index is 12.2. The lowest BCUT2D eigenvalue weighted by Crippen LogP contribution is -2.17. The molecule has 1 N–H and O–H groups in total. The van der Waals surface area contributed by atoms with Gasteiger partial charge < -0.3 is 14.4 Å². The average Bonchev–Trinajstić information content (AvgIpc) is 2.65. The highest BCUT2D eigenvalue weighted by Crippen LogP contribution is 2.18. The smallest absolute Gasteiger partial charge is 0.223 e. The summed E-state index contributed by atoms with van der Waals surface area (Å²) in [6, 6.07) is 14.8. The summed E-state index contributed by atoms with van der Waals surface area (Å²) in [7, 11) is 0. The first-order valence-electron chi connectivity index (χ1n) is 8.10. The predicted molar refractivity (Wildman–Crippen MR) is 95.4 cm³/mol. The first kappa shape index (κ1) is 16.9. The number of hydrogen-bond donors (Lipinski definition) is 1. The van der Waals surface area contributed by atoms with Crippen molar-refractivity contribution in [1.29, 1.82) is 0 Å². The Morgan fingerprint density at radius 1 is 1.16 bits per heavy atom. The molecule has 0 unspecified atom stereocenters. The molecule has 0 spiro atoms. The molecule has 0 aliphatic rings. The summed E-state index contributed by atoms with van der Waals surface area (Å²) in [5.74, 6) is 0.310. The topological polar surface area (TPSA) is 64.3 Å². The molecule has 5 nitrogen and oxygen atoms in total. The van der Waals surface area contributed by atoms with Crippen LogP contribution in [0.5, 0.6) is 5.75 Å². The second kappa shape index (κ2) is 7.77. The van der Waals surface area contributed by atoms with Crippen LogP contribution in [0.3, 0.4) is 0 Å². The molecule has 0 bridgehead atoms. The largest absolute Gasteiger partial charge is 0.483 e. The molecule has 2 aromatic heterocycles. The zero-order valence-corrected chi connectivity index (χ0v) is 14.0. The van der Waals surface area contributed by atoms with Crippen molar-refractivity contribution in [1.82, 2.24) is 9.55 Å². The van der Waals surface area contributed by atoms with E-state index < -0.39 is 6.10 Å². The number of hydrogen-bond acceptors (Lipinski definition) is 4. The van der Waals surface area contributed by atoms with Crippen LogP contribution in [0.2, 0.25) is 0 Å². The van der Waals surface area contributed by atoms with Gasteiger partial charge in [0.05, 0.1) is 18.3 Å². The van der Waals surface area contributed by atoms with Gasteiger partial charge in [-0.05, 0) is 18.6 Å². The second-order valence-corrected chi connectivity index (χ2v) is 5.82. The molecule has 0 radical (unpaired) electrons. The molecule has 0 saturated carbocycles. The van der Waals surface area contributed by atoms with E-state index in [1.807, 2.05) is 47.9 Å². The van der Waals surface area contributed by atoms with E-state index in [-0.39, 0.29) is 5.43 Å². The van der Waals surface area contributed by atoms with E-state index in [2.05, 4.69) is 4.98 Å². The van der Waals surface area contributed by atoms with Crippen LogP contribution in [0.4, 0.5) is 0 Å². The lowest BCUT2D eigenvalue weighted by molar-refractivity contribution is 0.154. The zero-order chi connectivity index (χ0) is 17.6. The van der Waals surface area contributed by atoms with Gasteiger partial charge >= 0.3 is 0 Å². The molecule has 0 amide bonds. The fourth-order valence-corrected chi connectivity index (χ4v) is 2.62. The Morgan fingerprint density at radius 3 is 2.68 bits per heavy atom. The molecule has 3 aromatic rings. The number of aromatic nitrogens is 2. The Kier molecular flexibility index (Phi) is 5.26. The third kappa shape index (κ3) is 4.14. The molecule has 25 heavy (non-hydrogen) atoms. The van der Waals surface area contributed by atoms with Crippen LogP contribution >= 0.6 is 0 Å². The second-order valence-electron chi connectivity index (χ2n) is 5.82. The van der Waals surface area contributed by atoms with Crippen molar-refractivity contribution >= 4 is 0 Å². The maximum atomic E-state index is 12.2. The zero-order valence-electron chi connectivity index (χ0n) is 14.0. The highest BCUT2D eigenvalue weighted by atomic mass is 16.5. The standard InChI is InChI=1S/C20H20N2O3/c1-15-20(25-14-16-6-3-2-4-7-16)18(23)9-11-22(15)13-19(24)17-8-5-10-21-12-17/h2-12,19,24H,13-14H2,1H3/t19-/m0/s1. The van der Waals surface area contributed by atoms with E-state index in [0.29, 0.717) is 24.6 Å². The Bertz CT molecular complexity index is 876. The Hall–Kier alpha value is -2.92. The van der Waals surface area contributed by atoms with Gasteiger partial charge in [-0.1, -0.05) is 36.4 Å². The molecule has 3 rings (SSSR count). The molecule has 128 valence electrons. The quantitative estimate of drug-likeness (QED) is 0.752. The number of rotatable bonds is 6. The third-order valence-electron chi connectivity index (χ3n) is 4.05. The molecule has 0 aliphatic carbocycles. The van der Waals surface area contributed by atoms with Crippen molar-refractivity contribution in [2.75, 3.05) is 0 Å². The summed E-state index contributed by atoms with van der Waals surface area (Å²) < 4.78 is 7.57. The number of ether oxygens (including phenoxy) is 1. The first-order valence-corrected chi connectivity index (χ1v) is 8.10. The number of benzene rings is 1. The number of aliphatic hydroxyl groups excluding tert-OH is 1. The van der Waals surface area contributed by atoms with Crippen molar-refractivity contribution in [3.63, 3.8) is 0 Å². The lowest BCUT2D eigenvalue weighted by atomic mass is 10.1. The highest BCUT2D eigenvalue weighted by molar-refractivity contribution is 5.28. The van der Waals surface area contributed by atoms with Gasteiger partial charge in [0.1, 0.15) is 6.61 Å². The normalized spacial score (nSPS) is 11.9. The number of aliphatic hydroxyl groups is 1. The molecule has 5 heteroatoms. The van der Waals surface area contributed by atoms with E-state index in [0.717, 1.165) is 11.1 Å². The first-order chi connectivity index (χ1) is 12.1. The van der Waals surface area contributed by atoms with Crippen LogP contribution in [0.25, 0.3) is 0 Å². The van der Waals surface area contributed by atoms with Crippen molar-refractivity contribution in [3.8, 4) is 5.75 Å². The molecule has 0 aliphatic heterocycles. The summed E-state index contributed by atoms with van der Waals surface area (Å²) in [5.41, 5.74) is 2.24. The van der Waals surface area contributed by atoms with Crippen LogP contribution in [0.1, 0.15) is 22.9 Å². The molecule has 1 atom stereocenters. The summed E-state index contributed by atoms with van der Waals surface area (Å²) in [5, 5.41) is 10.4. The Balaban J connectivity index is 1.78. The number of nitrogens with zero attached hydrogens (tertiary/aromatic N) is 2. The van der Waals surface area contributed by atoms with Gasteiger partial charge in [0.15, 0.2) is 5.75 Å². The van der Waals surface area contributed by atoms with Crippen LogP contribution < -0.4 is 10.2 Å². The average molecular weight is 336 g/mol. The van der Waals surface area contributed by atoms with Crippen LogP contribution in [0.15, 0.2) is 71.9 Å². The maximum Gasteiger partial charge on any atom is 0.223 e. The van der Waals surface area contributed by atoms with Crippen LogP contribution in [-0.4, -0.2) is 14.7 Å². The number of pyridine rings is 2. The Labute approximate surface area is 146 Å². The minimum absolute atomic E-state index is 0.166. The minimum Gasteiger partial charge on any atom is -0.483 e. The molecular weight excluding hydrogens is 316 g/mol. The van der Waals surface area contributed by atoms with Crippen LogP contribution in [-0.2, 0) is 13.2 Å². The van der Waals surface area contributed by atoms with E-state index in [1.165, 1.54) is 6.07 Å². The van der Waals surface area contributed by atoms with Crippen molar-refractivity contribution in [2.24, 2.45) is 0 Å². The predicted octanol–water partition coefficient (Wildman–Crippen LogP) is 2.86. The summed E-state index contributed by atoms with van der Waals surface area (Å²) in [4.78, 5) is 16.2. The molecule has 0 saturated heterocycles. The molecular formula is C20H20N2O3. The van der Waals surface area contributed by atoms with Gasteiger partial charge in [0.25, 0.3) is 0 Å². The van der Waals surface area contributed by atoms with E-state index in [1.54, 1.807) is 24.7 Å². The summed E-state index contributed by atoms with van der Waals surface area (Å²) in [6.45, 7) is 2.46. The van der Waals surface area contributed by atoms with E-state index >= 15 is 0 Å². The van der Waals surface area contributed by atoms with E-state index in [4.69, 9.17) is 4.74 Å².